The number of hydrogen-bond donors (Lipinski definition) is 2. The maximum absolute atomic E-state index is 9.67. The topological polar surface area (TPSA) is 59.1 Å². The molecule has 1 heterocycles. The summed E-state index contributed by atoms with van der Waals surface area (Å²) in [7, 11) is 0. The smallest absolute Gasteiger partial charge is 0.0621 e. The first-order valence-electron chi connectivity index (χ1n) is 6.08. The van der Waals surface area contributed by atoms with E-state index in [0.717, 1.165) is 24.3 Å². The third-order valence-corrected chi connectivity index (χ3v) is 3.95. The first kappa shape index (κ1) is 12.8. The molecule has 17 heavy (non-hydrogen) atoms. The Hall–Kier alpha value is -0.640. The second-order valence-electron chi connectivity index (χ2n) is 5.15. The summed E-state index contributed by atoms with van der Waals surface area (Å²) in [6.45, 7) is 0.622. The molecule has 3 N–H and O–H groups in total. The van der Waals surface area contributed by atoms with Gasteiger partial charge in [-0.1, -0.05) is 24.4 Å². The van der Waals surface area contributed by atoms with Crippen LogP contribution in [0.1, 0.15) is 24.8 Å². The third-order valence-electron chi connectivity index (χ3n) is 3.61. The molecule has 4 heteroatoms. The summed E-state index contributed by atoms with van der Waals surface area (Å²) >= 11 is 6.11. The Morgan fingerprint density at radius 2 is 2.29 bits per heavy atom. The van der Waals surface area contributed by atoms with Gasteiger partial charge in [-0.3, -0.25) is 4.98 Å². The van der Waals surface area contributed by atoms with E-state index in [4.69, 9.17) is 17.3 Å². The van der Waals surface area contributed by atoms with Crippen molar-refractivity contribution >= 4 is 11.6 Å². The van der Waals surface area contributed by atoms with Crippen molar-refractivity contribution in [1.29, 1.82) is 0 Å². The molecule has 0 spiro atoms. The highest BCUT2D eigenvalue weighted by atomic mass is 35.5. The molecule has 0 amide bonds. The van der Waals surface area contributed by atoms with Crippen molar-refractivity contribution in [2.24, 2.45) is 17.1 Å². The molecule has 1 aromatic rings. The SMILES string of the molecule is NCC(CO)(Cc1ccncc1Cl)CC1CC1. The van der Waals surface area contributed by atoms with Gasteiger partial charge in [0.1, 0.15) is 0 Å². The van der Waals surface area contributed by atoms with E-state index < -0.39 is 0 Å². The Bertz CT molecular complexity index is 375. The van der Waals surface area contributed by atoms with Gasteiger partial charge < -0.3 is 10.8 Å². The van der Waals surface area contributed by atoms with E-state index in [0.29, 0.717) is 11.6 Å². The van der Waals surface area contributed by atoms with Crippen molar-refractivity contribution in [2.75, 3.05) is 13.2 Å². The van der Waals surface area contributed by atoms with Crippen LogP contribution in [-0.4, -0.2) is 23.2 Å². The molecule has 1 unspecified atom stereocenters. The van der Waals surface area contributed by atoms with Crippen molar-refractivity contribution in [3.63, 3.8) is 0 Å². The molecule has 0 aromatic carbocycles. The molecule has 1 saturated carbocycles. The lowest BCUT2D eigenvalue weighted by Gasteiger charge is -2.31. The standard InChI is InChI=1S/C13H19ClN2O/c14-12-7-16-4-3-11(12)6-13(8-15,9-17)5-10-1-2-10/h3-4,7,10,17H,1-2,5-6,8-9,15H2. The lowest BCUT2D eigenvalue weighted by atomic mass is 9.78. The molecular formula is C13H19ClN2O. The van der Waals surface area contributed by atoms with Gasteiger partial charge in [0, 0.05) is 24.4 Å². The van der Waals surface area contributed by atoms with E-state index in [9.17, 15) is 5.11 Å². The average molecular weight is 255 g/mol. The number of pyridine rings is 1. The number of halogens is 1. The minimum Gasteiger partial charge on any atom is -0.396 e. The zero-order valence-corrected chi connectivity index (χ0v) is 10.7. The van der Waals surface area contributed by atoms with Gasteiger partial charge in [0.15, 0.2) is 0 Å². The van der Waals surface area contributed by atoms with Crippen LogP contribution < -0.4 is 5.73 Å². The molecule has 1 aliphatic rings. The fourth-order valence-corrected chi connectivity index (χ4v) is 2.48. The summed E-state index contributed by atoms with van der Waals surface area (Å²) < 4.78 is 0. The van der Waals surface area contributed by atoms with E-state index in [1.54, 1.807) is 12.4 Å². The van der Waals surface area contributed by atoms with E-state index in [-0.39, 0.29) is 12.0 Å². The summed E-state index contributed by atoms with van der Waals surface area (Å²) in [4.78, 5) is 3.97. The molecule has 3 nitrogen and oxygen atoms in total. The lowest BCUT2D eigenvalue weighted by Crippen LogP contribution is -2.37. The number of nitrogens with two attached hydrogens (primary N) is 1. The minimum atomic E-state index is -0.216. The molecule has 1 aromatic heterocycles. The van der Waals surface area contributed by atoms with Crippen molar-refractivity contribution in [1.82, 2.24) is 4.98 Å². The molecule has 0 saturated heterocycles. The van der Waals surface area contributed by atoms with Gasteiger partial charge in [-0.25, -0.2) is 0 Å². The number of aromatic nitrogens is 1. The minimum absolute atomic E-state index is 0.124. The van der Waals surface area contributed by atoms with E-state index in [1.165, 1.54) is 12.8 Å². The lowest BCUT2D eigenvalue weighted by molar-refractivity contribution is 0.115. The molecular weight excluding hydrogens is 236 g/mol. The Balaban J connectivity index is 2.13. The average Bonchev–Trinajstić information content (AvgIpc) is 3.15. The second-order valence-corrected chi connectivity index (χ2v) is 5.56. The first-order valence-corrected chi connectivity index (χ1v) is 6.46. The largest absolute Gasteiger partial charge is 0.396 e. The fourth-order valence-electron chi connectivity index (χ4n) is 2.30. The Morgan fingerprint density at radius 3 is 2.82 bits per heavy atom. The molecule has 94 valence electrons. The molecule has 1 fully saturated rings. The highest BCUT2D eigenvalue weighted by Crippen LogP contribution is 2.42. The van der Waals surface area contributed by atoms with Gasteiger partial charge >= 0.3 is 0 Å². The van der Waals surface area contributed by atoms with Gasteiger partial charge in [0.25, 0.3) is 0 Å². The van der Waals surface area contributed by atoms with Crippen molar-refractivity contribution in [2.45, 2.75) is 25.7 Å². The van der Waals surface area contributed by atoms with Crippen LogP contribution in [0.2, 0.25) is 5.02 Å². The normalized spacial score (nSPS) is 19.0. The van der Waals surface area contributed by atoms with Gasteiger partial charge in [0.05, 0.1) is 11.6 Å². The number of hydrogen-bond acceptors (Lipinski definition) is 3. The zero-order chi connectivity index (χ0) is 12.3. The first-order chi connectivity index (χ1) is 8.19. The third kappa shape index (κ3) is 3.18. The van der Waals surface area contributed by atoms with Crippen LogP contribution in [0.5, 0.6) is 0 Å². The van der Waals surface area contributed by atoms with Crippen molar-refractivity contribution in [3.05, 3.63) is 29.0 Å². The number of aliphatic hydroxyl groups is 1. The Morgan fingerprint density at radius 1 is 1.53 bits per heavy atom. The maximum Gasteiger partial charge on any atom is 0.0621 e. The summed E-state index contributed by atoms with van der Waals surface area (Å²) in [5.74, 6) is 0.742. The molecule has 0 bridgehead atoms. The Labute approximate surface area is 107 Å². The summed E-state index contributed by atoms with van der Waals surface area (Å²) in [6.07, 6.45) is 7.65. The number of nitrogens with zero attached hydrogens (tertiary/aromatic N) is 1. The maximum atomic E-state index is 9.67. The molecule has 1 atom stereocenters. The molecule has 0 radical (unpaired) electrons. The Kier molecular flexibility index (Phi) is 4.02. The van der Waals surface area contributed by atoms with Crippen LogP contribution in [0.15, 0.2) is 18.5 Å². The summed E-state index contributed by atoms with van der Waals surface area (Å²) in [6, 6.07) is 1.91. The van der Waals surface area contributed by atoms with Crippen molar-refractivity contribution < 1.29 is 5.11 Å². The summed E-state index contributed by atoms with van der Waals surface area (Å²) in [5, 5.41) is 10.3. The van der Waals surface area contributed by atoms with E-state index in [1.807, 2.05) is 6.07 Å². The van der Waals surface area contributed by atoms with Crippen LogP contribution in [0.3, 0.4) is 0 Å². The van der Waals surface area contributed by atoms with Crippen LogP contribution in [0.4, 0.5) is 0 Å². The quantitative estimate of drug-likeness (QED) is 0.817. The van der Waals surface area contributed by atoms with Crippen LogP contribution in [0, 0.1) is 11.3 Å². The van der Waals surface area contributed by atoms with E-state index in [2.05, 4.69) is 4.98 Å². The highest BCUT2D eigenvalue weighted by molar-refractivity contribution is 6.31. The van der Waals surface area contributed by atoms with Crippen LogP contribution >= 0.6 is 11.6 Å². The van der Waals surface area contributed by atoms with Crippen molar-refractivity contribution in [3.8, 4) is 0 Å². The molecule has 0 aliphatic heterocycles. The summed E-state index contributed by atoms with van der Waals surface area (Å²) in [5.41, 5.74) is 6.69. The second kappa shape index (κ2) is 5.34. The number of rotatable bonds is 6. The van der Waals surface area contributed by atoms with E-state index >= 15 is 0 Å². The van der Waals surface area contributed by atoms with Gasteiger partial charge in [-0.15, -0.1) is 0 Å². The zero-order valence-electron chi connectivity index (χ0n) is 9.90. The molecule has 2 rings (SSSR count). The predicted molar refractivity (Wildman–Crippen MR) is 68.9 cm³/mol. The van der Waals surface area contributed by atoms with Gasteiger partial charge in [0.2, 0.25) is 0 Å². The van der Waals surface area contributed by atoms with Crippen LogP contribution in [-0.2, 0) is 6.42 Å². The fraction of sp³-hybridized carbons (Fsp3) is 0.615. The van der Waals surface area contributed by atoms with Crippen LogP contribution in [0.25, 0.3) is 0 Å². The highest BCUT2D eigenvalue weighted by Gasteiger charge is 2.36. The molecule has 1 aliphatic carbocycles. The number of aliphatic hydroxyl groups excluding tert-OH is 1. The van der Waals surface area contributed by atoms with Gasteiger partial charge in [-0.2, -0.15) is 0 Å². The predicted octanol–water partition coefficient (Wildman–Crippen LogP) is 2.01. The monoisotopic (exact) mass is 254 g/mol. The van der Waals surface area contributed by atoms with Gasteiger partial charge in [-0.05, 0) is 30.4 Å².